The highest BCUT2D eigenvalue weighted by Crippen LogP contribution is 2.28. The lowest BCUT2D eigenvalue weighted by atomic mass is 10.1. The third-order valence-corrected chi connectivity index (χ3v) is 5.55. The van der Waals surface area contributed by atoms with Gasteiger partial charge >= 0.3 is 0 Å². The van der Waals surface area contributed by atoms with E-state index in [0.717, 1.165) is 24.3 Å². The Balaban J connectivity index is 1.39. The van der Waals surface area contributed by atoms with Crippen LogP contribution in [-0.4, -0.2) is 24.9 Å². The van der Waals surface area contributed by atoms with Gasteiger partial charge in [-0.15, -0.1) is 0 Å². The summed E-state index contributed by atoms with van der Waals surface area (Å²) in [4.78, 5) is 24.5. The van der Waals surface area contributed by atoms with Crippen molar-refractivity contribution >= 4 is 40.7 Å². The molecule has 0 aliphatic carbocycles. The summed E-state index contributed by atoms with van der Waals surface area (Å²) in [6, 6.07) is 14.2. The summed E-state index contributed by atoms with van der Waals surface area (Å²) in [5, 5.41) is 0. The number of aromatic nitrogens is 5. The van der Waals surface area contributed by atoms with Gasteiger partial charge in [-0.3, -0.25) is 4.98 Å². The van der Waals surface area contributed by atoms with Gasteiger partial charge in [0.1, 0.15) is 5.69 Å². The first-order valence-corrected chi connectivity index (χ1v) is 10.6. The van der Waals surface area contributed by atoms with Gasteiger partial charge in [0.15, 0.2) is 5.82 Å². The molecule has 1 aliphatic rings. The number of benzene rings is 1. The quantitative estimate of drug-likeness (QED) is 0.378. The molecule has 0 radical (unpaired) electrons. The van der Waals surface area contributed by atoms with Crippen molar-refractivity contribution in [1.29, 1.82) is 0 Å². The summed E-state index contributed by atoms with van der Waals surface area (Å²) in [7, 11) is 0. The minimum atomic E-state index is 0.585. The molecule has 0 fully saturated rings. The lowest BCUT2D eigenvalue weighted by molar-refractivity contribution is 0.828. The molecule has 0 saturated heterocycles. The smallest absolute Gasteiger partial charge is 0.226 e. The molecule has 5 rings (SSSR count). The fourth-order valence-electron chi connectivity index (χ4n) is 3.37. The Morgan fingerprint density at radius 2 is 1.63 bits per heavy atom. The Hall–Kier alpha value is -3.20. The standard InChI is InChI=1S/C23H17IN6/c24-19-3-2-17-14-30(15-18(17)13-19)23-27-12-8-21(29-23)22-26-11-7-20(28-22)4-1-16-5-9-25-10-6-16/h1-13H,14-15H2/b4-1+. The van der Waals surface area contributed by atoms with Crippen LogP contribution in [0.15, 0.2) is 67.3 Å². The highest BCUT2D eigenvalue weighted by atomic mass is 127. The van der Waals surface area contributed by atoms with Crippen molar-refractivity contribution in [2.45, 2.75) is 13.1 Å². The second kappa shape index (κ2) is 8.27. The normalized spacial score (nSPS) is 13.0. The van der Waals surface area contributed by atoms with Crippen LogP contribution < -0.4 is 4.90 Å². The minimum absolute atomic E-state index is 0.585. The van der Waals surface area contributed by atoms with Gasteiger partial charge in [-0.05, 0) is 81.8 Å². The minimum Gasteiger partial charge on any atom is -0.332 e. The van der Waals surface area contributed by atoms with Gasteiger partial charge in [0.25, 0.3) is 0 Å². The Morgan fingerprint density at radius 1 is 0.800 bits per heavy atom. The molecule has 4 aromatic rings. The van der Waals surface area contributed by atoms with Gasteiger partial charge in [-0.2, -0.15) is 0 Å². The van der Waals surface area contributed by atoms with Crippen molar-refractivity contribution in [3.05, 3.63) is 93.2 Å². The molecule has 3 aromatic heterocycles. The van der Waals surface area contributed by atoms with Gasteiger partial charge in [0.05, 0.1) is 5.69 Å². The zero-order valence-corrected chi connectivity index (χ0v) is 18.1. The molecule has 30 heavy (non-hydrogen) atoms. The molecule has 0 atom stereocenters. The van der Waals surface area contributed by atoms with Crippen LogP contribution in [0.2, 0.25) is 0 Å². The number of hydrogen-bond acceptors (Lipinski definition) is 6. The molecule has 146 valence electrons. The number of hydrogen-bond donors (Lipinski definition) is 0. The molecule has 1 aromatic carbocycles. The molecule has 6 nitrogen and oxygen atoms in total. The lowest BCUT2D eigenvalue weighted by Gasteiger charge is -2.15. The Morgan fingerprint density at radius 3 is 2.53 bits per heavy atom. The molecule has 1 aliphatic heterocycles. The van der Waals surface area contributed by atoms with E-state index in [1.807, 2.05) is 36.4 Å². The molecule has 0 N–H and O–H groups in total. The van der Waals surface area contributed by atoms with Crippen molar-refractivity contribution in [2.24, 2.45) is 0 Å². The third-order valence-electron chi connectivity index (χ3n) is 4.88. The molecule has 4 heterocycles. The second-order valence-electron chi connectivity index (χ2n) is 6.93. The highest BCUT2D eigenvalue weighted by Gasteiger charge is 2.21. The largest absolute Gasteiger partial charge is 0.332 e. The average Bonchev–Trinajstić information content (AvgIpc) is 3.22. The van der Waals surface area contributed by atoms with E-state index in [-0.39, 0.29) is 0 Å². The summed E-state index contributed by atoms with van der Waals surface area (Å²) < 4.78 is 1.24. The summed E-state index contributed by atoms with van der Waals surface area (Å²) in [5.74, 6) is 1.28. The molecule has 0 amide bonds. The van der Waals surface area contributed by atoms with Gasteiger partial charge in [0, 0.05) is 41.4 Å². The van der Waals surface area contributed by atoms with Crippen LogP contribution in [0.3, 0.4) is 0 Å². The van der Waals surface area contributed by atoms with E-state index in [4.69, 9.17) is 4.98 Å². The van der Waals surface area contributed by atoms with Crippen LogP contribution >= 0.6 is 22.6 Å². The van der Waals surface area contributed by atoms with Crippen molar-refractivity contribution in [3.8, 4) is 11.5 Å². The number of halogens is 1. The van der Waals surface area contributed by atoms with E-state index in [0.29, 0.717) is 17.5 Å². The zero-order chi connectivity index (χ0) is 20.3. The van der Waals surface area contributed by atoms with E-state index < -0.39 is 0 Å². The highest BCUT2D eigenvalue weighted by molar-refractivity contribution is 14.1. The number of pyridine rings is 1. The Kier molecular flexibility index (Phi) is 5.18. The molecular weight excluding hydrogens is 487 g/mol. The van der Waals surface area contributed by atoms with Crippen molar-refractivity contribution in [3.63, 3.8) is 0 Å². The molecular formula is C23H17IN6. The molecule has 0 spiro atoms. The molecule has 0 unspecified atom stereocenters. The molecule has 7 heteroatoms. The summed E-state index contributed by atoms with van der Waals surface area (Å²) in [5.41, 5.74) is 5.25. The fraction of sp³-hybridized carbons (Fsp3) is 0.0870. The van der Waals surface area contributed by atoms with Crippen molar-refractivity contribution < 1.29 is 0 Å². The van der Waals surface area contributed by atoms with E-state index in [2.05, 4.69) is 65.6 Å². The van der Waals surface area contributed by atoms with Crippen LogP contribution in [0.5, 0.6) is 0 Å². The summed E-state index contributed by atoms with van der Waals surface area (Å²) >= 11 is 2.35. The van der Waals surface area contributed by atoms with Crippen LogP contribution in [-0.2, 0) is 13.1 Å². The first kappa shape index (κ1) is 18.8. The second-order valence-corrected chi connectivity index (χ2v) is 8.18. The van der Waals surface area contributed by atoms with Gasteiger partial charge in [-0.25, -0.2) is 19.9 Å². The van der Waals surface area contributed by atoms with Crippen LogP contribution in [0.25, 0.3) is 23.7 Å². The monoisotopic (exact) mass is 504 g/mol. The predicted octanol–water partition coefficient (Wildman–Crippen LogP) is 4.62. The Labute approximate surface area is 187 Å². The maximum atomic E-state index is 4.75. The zero-order valence-electron chi connectivity index (χ0n) is 16.0. The average molecular weight is 504 g/mol. The topological polar surface area (TPSA) is 67.7 Å². The number of rotatable bonds is 4. The van der Waals surface area contributed by atoms with Crippen LogP contribution in [0.4, 0.5) is 5.95 Å². The first-order chi connectivity index (χ1) is 14.7. The fourth-order valence-corrected chi connectivity index (χ4v) is 3.93. The number of fused-ring (bicyclic) bond motifs is 1. The van der Waals surface area contributed by atoms with Crippen LogP contribution in [0.1, 0.15) is 22.4 Å². The Bertz CT molecular complexity index is 1230. The third kappa shape index (κ3) is 4.06. The van der Waals surface area contributed by atoms with Crippen molar-refractivity contribution in [2.75, 3.05) is 4.90 Å². The number of nitrogens with zero attached hydrogens (tertiary/aromatic N) is 6. The SMILES string of the molecule is Ic1ccc2c(c1)CN(c1nccc(-c3nccc(/C=C/c4ccncc4)n3)n1)C2. The number of anilines is 1. The lowest BCUT2D eigenvalue weighted by Crippen LogP contribution is -2.17. The maximum absolute atomic E-state index is 4.75. The van der Waals surface area contributed by atoms with E-state index in [1.165, 1.54) is 14.7 Å². The summed E-state index contributed by atoms with van der Waals surface area (Å²) in [6.07, 6.45) is 11.0. The predicted molar refractivity (Wildman–Crippen MR) is 125 cm³/mol. The summed E-state index contributed by atoms with van der Waals surface area (Å²) in [6.45, 7) is 1.62. The van der Waals surface area contributed by atoms with Gasteiger partial charge in [0.2, 0.25) is 5.95 Å². The van der Waals surface area contributed by atoms with Gasteiger partial charge < -0.3 is 4.90 Å². The van der Waals surface area contributed by atoms with Gasteiger partial charge in [-0.1, -0.05) is 12.1 Å². The first-order valence-electron chi connectivity index (χ1n) is 9.51. The van der Waals surface area contributed by atoms with E-state index in [9.17, 15) is 0 Å². The van der Waals surface area contributed by atoms with E-state index in [1.54, 1.807) is 24.8 Å². The molecule has 0 saturated carbocycles. The van der Waals surface area contributed by atoms with E-state index >= 15 is 0 Å². The van der Waals surface area contributed by atoms with Crippen molar-refractivity contribution in [1.82, 2.24) is 24.9 Å². The maximum Gasteiger partial charge on any atom is 0.226 e. The van der Waals surface area contributed by atoms with Crippen LogP contribution in [0, 0.1) is 3.57 Å². The molecule has 0 bridgehead atoms.